The fourth-order valence-electron chi connectivity index (χ4n) is 1.86. The van der Waals surface area contributed by atoms with Crippen molar-refractivity contribution in [3.63, 3.8) is 0 Å². The van der Waals surface area contributed by atoms with Gasteiger partial charge in [-0.05, 0) is 30.7 Å². The third-order valence-electron chi connectivity index (χ3n) is 2.84. The molecule has 4 nitrogen and oxygen atoms in total. The molecule has 0 bridgehead atoms. The van der Waals surface area contributed by atoms with Crippen LogP contribution in [0, 0.1) is 0 Å². The Kier molecular flexibility index (Phi) is 4.47. The molecule has 98 valence electrons. The van der Waals surface area contributed by atoms with Gasteiger partial charge in [0.05, 0.1) is 6.04 Å². The molecule has 0 spiro atoms. The summed E-state index contributed by atoms with van der Waals surface area (Å²) in [6.45, 7) is 2.67. The summed E-state index contributed by atoms with van der Waals surface area (Å²) in [4.78, 5) is 4.22. The van der Waals surface area contributed by atoms with Crippen LogP contribution in [0.15, 0.2) is 33.7 Å². The monoisotopic (exact) mass is 312 g/mol. The van der Waals surface area contributed by atoms with Crippen LogP contribution in [-0.4, -0.2) is 24.8 Å². The second-order valence-electron chi connectivity index (χ2n) is 4.27. The Hall–Kier alpha value is -1.23. The van der Waals surface area contributed by atoms with Gasteiger partial charge >= 0.3 is 0 Å². The molecule has 1 aromatic rings. The molecule has 0 fully saturated rings. The van der Waals surface area contributed by atoms with Gasteiger partial charge in [0.25, 0.3) is 6.02 Å². The smallest absolute Gasteiger partial charge is 0.282 e. The van der Waals surface area contributed by atoms with Crippen molar-refractivity contribution in [2.45, 2.75) is 31.9 Å². The van der Waals surface area contributed by atoms with Gasteiger partial charge in [-0.25, -0.2) is 4.99 Å². The average Bonchev–Trinajstić information content (AvgIpc) is 2.77. The molecule has 1 aliphatic rings. The molecular weight excluding hydrogens is 296 g/mol. The van der Waals surface area contributed by atoms with Gasteiger partial charge in [-0.1, -0.05) is 22.9 Å². The predicted molar refractivity (Wildman–Crippen MR) is 74.8 cm³/mol. The van der Waals surface area contributed by atoms with Crippen molar-refractivity contribution in [2.24, 2.45) is 10.7 Å². The number of nitrogens with two attached hydrogens (primary N) is 1. The fraction of sp³-hybridized carbons (Fsp3) is 0.462. The summed E-state index contributed by atoms with van der Waals surface area (Å²) in [5, 5.41) is 0. The van der Waals surface area contributed by atoms with E-state index in [-0.39, 0.29) is 12.1 Å². The summed E-state index contributed by atoms with van der Waals surface area (Å²) in [6, 6.07) is 8.25. The molecule has 2 N–H and O–H groups in total. The fourth-order valence-corrected chi connectivity index (χ4v) is 2.13. The highest BCUT2D eigenvalue weighted by Crippen LogP contribution is 2.21. The summed E-state index contributed by atoms with van der Waals surface area (Å²) in [5.41, 5.74) is 5.49. The van der Waals surface area contributed by atoms with Crippen molar-refractivity contribution in [3.8, 4) is 5.75 Å². The Labute approximate surface area is 115 Å². The Morgan fingerprint density at radius 3 is 2.78 bits per heavy atom. The van der Waals surface area contributed by atoms with Crippen molar-refractivity contribution in [3.05, 3.63) is 28.7 Å². The van der Waals surface area contributed by atoms with Gasteiger partial charge < -0.3 is 15.2 Å². The molecule has 0 radical (unpaired) electrons. The van der Waals surface area contributed by atoms with Gasteiger partial charge in [0.1, 0.15) is 18.5 Å². The number of aliphatic imine (C=N–C) groups is 1. The van der Waals surface area contributed by atoms with E-state index in [1.54, 1.807) is 0 Å². The zero-order valence-corrected chi connectivity index (χ0v) is 11.9. The van der Waals surface area contributed by atoms with E-state index in [1.165, 1.54) is 0 Å². The van der Waals surface area contributed by atoms with Gasteiger partial charge in [0, 0.05) is 10.9 Å². The summed E-state index contributed by atoms with van der Waals surface area (Å²) in [7, 11) is 0. The van der Waals surface area contributed by atoms with E-state index in [4.69, 9.17) is 15.2 Å². The molecule has 1 aliphatic heterocycles. The van der Waals surface area contributed by atoms with E-state index in [1.807, 2.05) is 24.3 Å². The molecule has 5 heteroatoms. The molecule has 0 aliphatic carbocycles. The molecule has 0 amide bonds. The van der Waals surface area contributed by atoms with Crippen LogP contribution < -0.4 is 10.5 Å². The Bertz CT molecular complexity index is 420. The first kappa shape index (κ1) is 13.2. The van der Waals surface area contributed by atoms with E-state index >= 15 is 0 Å². The maximum Gasteiger partial charge on any atom is 0.282 e. The van der Waals surface area contributed by atoms with Crippen LogP contribution >= 0.6 is 15.9 Å². The molecule has 0 saturated heterocycles. The van der Waals surface area contributed by atoms with Gasteiger partial charge in [-0.2, -0.15) is 0 Å². The van der Waals surface area contributed by atoms with Crippen molar-refractivity contribution >= 4 is 22.0 Å². The molecule has 1 aromatic carbocycles. The zero-order valence-electron chi connectivity index (χ0n) is 10.3. The Morgan fingerprint density at radius 1 is 1.50 bits per heavy atom. The second-order valence-corrected chi connectivity index (χ2v) is 5.19. The highest BCUT2D eigenvalue weighted by atomic mass is 79.9. The summed E-state index contributed by atoms with van der Waals surface area (Å²) in [5.74, 6) is 0.876. The maximum absolute atomic E-state index is 5.93. The van der Waals surface area contributed by atoms with Crippen molar-refractivity contribution in [2.75, 3.05) is 6.61 Å². The minimum Gasteiger partial charge on any atom is -0.490 e. The van der Waals surface area contributed by atoms with Crippen LogP contribution in [0.1, 0.15) is 19.8 Å². The van der Waals surface area contributed by atoms with Crippen molar-refractivity contribution in [1.82, 2.24) is 0 Å². The zero-order chi connectivity index (χ0) is 13.0. The van der Waals surface area contributed by atoms with Crippen LogP contribution in [0.3, 0.4) is 0 Å². The first-order chi connectivity index (χ1) is 8.67. The van der Waals surface area contributed by atoms with Gasteiger partial charge in [0.2, 0.25) is 0 Å². The number of benzene rings is 1. The number of halogens is 1. The van der Waals surface area contributed by atoms with Gasteiger partial charge in [0.15, 0.2) is 0 Å². The molecule has 2 rings (SSSR count). The lowest BCUT2D eigenvalue weighted by atomic mass is 10.1. The van der Waals surface area contributed by atoms with Gasteiger partial charge in [-0.15, -0.1) is 0 Å². The number of nitrogens with zero attached hydrogens (tertiary/aromatic N) is 1. The minimum absolute atomic E-state index is 0.116. The third-order valence-corrected chi connectivity index (χ3v) is 3.37. The highest BCUT2D eigenvalue weighted by molar-refractivity contribution is 9.10. The molecule has 2 atom stereocenters. The quantitative estimate of drug-likeness (QED) is 0.909. The Morgan fingerprint density at radius 2 is 2.22 bits per heavy atom. The number of rotatable bonds is 5. The number of ether oxygens (including phenoxy) is 2. The Balaban J connectivity index is 1.91. The van der Waals surface area contributed by atoms with Crippen LogP contribution in [0.5, 0.6) is 5.75 Å². The molecule has 0 saturated carbocycles. The molecule has 0 aromatic heterocycles. The van der Waals surface area contributed by atoms with Crippen LogP contribution in [0.25, 0.3) is 0 Å². The van der Waals surface area contributed by atoms with Gasteiger partial charge in [-0.3, -0.25) is 0 Å². The van der Waals surface area contributed by atoms with Crippen LogP contribution in [0.4, 0.5) is 0 Å². The van der Waals surface area contributed by atoms with E-state index in [0.717, 1.165) is 23.1 Å². The number of amidine groups is 1. The molecular formula is C13H17BrN2O2. The minimum atomic E-state index is 0.116. The SMILES string of the molecule is CCC(CC1COC(N)=N1)Oc1ccc(Br)cc1. The van der Waals surface area contributed by atoms with E-state index in [9.17, 15) is 0 Å². The standard InChI is InChI=1S/C13H17BrN2O2/c1-2-11(7-10-8-17-13(15)16-10)18-12-5-3-9(14)4-6-12/h3-6,10-11H,2,7-8H2,1H3,(H2,15,16). The van der Waals surface area contributed by atoms with Crippen LogP contribution in [-0.2, 0) is 4.74 Å². The van der Waals surface area contributed by atoms with Crippen molar-refractivity contribution in [1.29, 1.82) is 0 Å². The molecule has 1 heterocycles. The highest BCUT2D eigenvalue weighted by Gasteiger charge is 2.21. The summed E-state index contributed by atoms with van der Waals surface area (Å²) < 4.78 is 12.1. The van der Waals surface area contributed by atoms with Crippen molar-refractivity contribution < 1.29 is 9.47 Å². The van der Waals surface area contributed by atoms with E-state index in [2.05, 4.69) is 27.8 Å². The molecule has 18 heavy (non-hydrogen) atoms. The molecule has 2 unspecified atom stereocenters. The normalized spacial score (nSPS) is 20.1. The predicted octanol–water partition coefficient (Wildman–Crippen LogP) is 2.71. The lowest BCUT2D eigenvalue weighted by molar-refractivity contribution is 0.168. The van der Waals surface area contributed by atoms with Crippen LogP contribution in [0.2, 0.25) is 0 Å². The topological polar surface area (TPSA) is 56.8 Å². The van der Waals surface area contributed by atoms with E-state index in [0.29, 0.717) is 12.6 Å². The average molecular weight is 313 g/mol. The van der Waals surface area contributed by atoms with E-state index < -0.39 is 0 Å². The maximum atomic E-state index is 5.93. The summed E-state index contributed by atoms with van der Waals surface area (Å²) >= 11 is 3.40. The largest absolute Gasteiger partial charge is 0.490 e. The second kappa shape index (κ2) is 6.09. The first-order valence-electron chi connectivity index (χ1n) is 6.05. The lowest BCUT2D eigenvalue weighted by Crippen LogP contribution is -2.22. The first-order valence-corrected chi connectivity index (χ1v) is 6.85. The number of hydrogen-bond acceptors (Lipinski definition) is 4. The third kappa shape index (κ3) is 3.63. The summed E-state index contributed by atoms with van der Waals surface area (Å²) in [6.07, 6.45) is 1.89. The number of hydrogen-bond donors (Lipinski definition) is 1. The lowest BCUT2D eigenvalue weighted by Gasteiger charge is -2.19.